The monoisotopic (exact) mass is 295 g/mol. The van der Waals surface area contributed by atoms with Gasteiger partial charge in [0.05, 0.1) is 12.5 Å². The van der Waals surface area contributed by atoms with Gasteiger partial charge in [0, 0.05) is 24.7 Å². The molecule has 0 saturated carbocycles. The minimum absolute atomic E-state index is 0.0646. The second-order valence-electron chi connectivity index (χ2n) is 3.78. The van der Waals surface area contributed by atoms with Gasteiger partial charge in [0.25, 0.3) is 5.91 Å². The number of primary amides is 1. The van der Waals surface area contributed by atoms with E-state index in [-0.39, 0.29) is 5.71 Å². The number of rotatable bonds is 1. The molecule has 0 spiro atoms. The van der Waals surface area contributed by atoms with E-state index in [0.29, 0.717) is 0 Å². The van der Waals surface area contributed by atoms with Crippen molar-refractivity contribution >= 4 is 17.8 Å². The highest BCUT2D eigenvalue weighted by molar-refractivity contribution is 6.42. The molecule has 0 saturated heterocycles. The van der Waals surface area contributed by atoms with E-state index < -0.39 is 5.91 Å². The molecule has 0 aromatic heterocycles. The van der Waals surface area contributed by atoms with Crippen molar-refractivity contribution in [3.05, 3.63) is 85.7 Å². The number of nitrogens with zero attached hydrogens (tertiary/aromatic N) is 2. The van der Waals surface area contributed by atoms with Crippen molar-refractivity contribution in [3.8, 4) is 0 Å². The van der Waals surface area contributed by atoms with Crippen LogP contribution in [0.25, 0.3) is 0 Å². The van der Waals surface area contributed by atoms with Crippen molar-refractivity contribution in [1.82, 2.24) is 0 Å². The zero-order chi connectivity index (χ0) is 15.9. The number of ether oxygens (including phenoxy) is 1. The summed E-state index contributed by atoms with van der Waals surface area (Å²) in [6.07, 6.45) is 25.1. The maximum Gasteiger partial charge on any atom is 0.267 e. The van der Waals surface area contributed by atoms with Crippen LogP contribution in [0, 0.1) is 0 Å². The number of amides is 1. The quantitative estimate of drug-likeness (QED) is 0.807. The molecule has 0 atom stereocenters. The van der Waals surface area contributed by atoms with E-state index in [2.05, 4.69) is 9.98 Å². The average molecular weight is 295 g/mol. The Morgan fingerprint density at radius 2 is 1.50 bits per heavy atom. The van der Waals surface area contributed by atoms with Crippen molar-refractivity contribution in [3.63, 3.8) is 0 Å². The minimum Gasteiger partial charge on any atom is -0.473 e. The summed E-state index contributed by atoms with van der Waals surface area (Å²) >= 11 is 0. The van der Waals surface area contributed by atoms with Gasteiger partial charge in [-0.3, -0.25) is 9.79 Å². The van der Waals surface area contributed by atoms with Crippen LogP contribution < -0.4 is 5.73 Å². The van der Waals surface area contributed by atoms with Gasteiger partial charge in [-0.1, -0.05) is 42.5 Å². The van der Waals surface area contributed by atoms with E-state index in [4.69, 9.17) is 10.5 Å². The Bertz CT molecular complexity index is 616. The van der Waals surface area contributed by atoms with Gasteiger partial charge in [0.15, 0.2) is 0 Å². The van der Waals surface area contributed by atoms with E-state index in [1.165, 1.54) is 31.0 Å². The smallest absolute Gasteiger partial charge is 0.267 e. The van der Waals surface area contributed by atoms with Gasteiger partial charge in [0.2, 0.25) is 0 Å². The fourth-order valence-electron chi connectivity index (χ4n) is 1.18. The fraction of sp³-hybridized carbons (Fsp3) is 0. The molecule has 1 amide bonds. The van der Waals surface area contributed by atoms with Crippen molar-refractivity contribution in [1.29, 1.82) is 0 Å². The zero-order valence-corrected chi connectivity index (χ0v) is 11.9. The van der Waals surface area contributed by atoms with Crippen LogP contribution >= 0.6 is 0 Å². The fourth-order valence-corrected chi connectivity index (χ4v) is 1.18. The Morgan fingerprint density at radius 1 is 0.864 bits per heavy atom. The zero-order valence-electron chi connectivity index (χ0n) is 11.9. The first kappa shape index (κ1) is 16.8. The van der Waals surface area contributed by atoms with Crippen LogP contribution in [-0.2, 0) is 9.53 Å². The Kier molecular flexibility index (Phi) is 8.88. The second kappa shape index (κ2) is 11.6. The SMILES string of the molecule is NC(=O)C1=NC=CN=CC=CC=CC=CC=CC=COC=C1. The Hall–Kier alpha value is -3.21. The van der Waals surface area contributed by atoms with Crippen molar-refractivity contribution in [2.24, 2.45) is 15.7 Å². The van der Waals surface area contributed by atoms with Gasteiger partial charge >= 0.3 is 0 Å². The second-order valence-corrected chi connectivity index (χ2v) is 3.78. The van der Waals surface area contributed by atoms with Crippen molar-refractivity contribution in [2.75, 3.05) is 0 Å². The van der Waals surface area contributed by atoms with Crippen molar-refractivity contribution < 1.29 is 9.53 Å². The van der Waals surface area contributed by atoms with Crippen LogP contribution in [0.2, 0.25) is 0 Å². The molecule has 0 bridgehead atoms. The van der Waals surface area contributed by atoms with Crippen LogP contribution in [0.3, 0.4) is 0 Å². The topological polar surface area (TPSA) is 77.0 Å². The highest BCUT2D eigenvalue weighted by atomic mass is 16.5. The third-order valence-electron chi connectivity index (χ3n) is 2.14. The number of carbonyl (C=O) groups excluding carboxylic acids is 1. The van der Waals surface area contributed by atoms with Crippen LogP contribution in [0.15, 0.2) is 95.7 Å². The molecule has 22 heavy (non-hydrogen) atoms. The predicted octanol–water partition coefficient (Wildman–Crippen LogP) is 2.74. The summed E-state index contributed by atoms with van der Waals surface area (Å²) in [6, 6.07) is 0. The molecule has 1 aliphatic heterocycles. The molecule has 0 radical (unpaired) electrons. The molecule has 0 aromatic carbocycles. The summed E-state index contributed by atoms with van der Waals surface area (Å²) < 4.78 is 5.08. The van der Waals surface area contributed by atoms with Crippen LogP contribution in [0.4, 0.5) is 0 Å². The maximum atomic E-state index is 11.2. The molecule has 1 rings (SSSR count). The highest BCUT2D eigenvalue weighted by Crippen LogP contribution is 1.89. The minimum atomic E-state index is -0.654. The number of allylic oxidation sites excluding steroid dienone is 9. The van der Waals surface area contributed by atoms with E-state index >= 15 is 0 Å². The van der Waals surface area contributed by atoms with Gasteiger partial charge in [-0.05, 0) is 12.2 Å². The molecule has 112 valence electrons. The molecule has 5 heteroatoms. The first-order valence-electron chi connectivity index (χ1n) is 6.50. The van der Waals surface area contributed by atoms with E-state index in [0.717, 1.165) is 0 Å². The lowest BCUT2D eigenvalue weighted by Crippen LogP contribution is -2.21. The molecule has 2 N–H and O–H groups in total. The predicted molar refractivity (Wildman–Crippen MR) is 90.2 cm³/mol. The lowest BCUT2D eigenvalue weighted by atomic mass is 10.3. The summed E-state index contributed by atoms with van der Waals surface area (Å²) in [6.45, 7) is 0. The van der Waals surface area contributed by atoms with E-state index in [9.17, 15) is 4.79 Å². The molecule has 0 fully saturated rings. The lowest BCUT2D eigenvalue weighted by Gasteiger charge is -1.92. The molecule has 0 aromatic rings. The Labute approximate surface area is 129 Å². The van der Waals surface area contributed by atoms with Crippen molar-refractivity contribution in [2.45, 2.75) is 0 Å². The molecular formula is C17H17N3O2. The van der Waals surface area contributed by atoms with Gasteiger partial charge in [-0.25, -0.2) is 4.99 Å². The molecule has 0 aliphatic carbocycles. The number of hydrogen-bond acceptors (Lipinski definition) is 4. The normalized spacial score (nSPS) is 15.7. The number of hydrogen-bond donors (Lipinski definition) is 1. The number of carbonyl (C=O) groups is 1. The Balaban J connectivity index is 2.86. The van der Waals surface area contributed by atoms with Crippen LogP contribution in [0.1, 0.15) is 0 Å². The largest absolute Gasteiger partial charge is 0.473 e. The number of aliphatic imine (C=N–C) groups is 2. The van der Waals surface area contributed by atoms with Gasteiger partial charge in [-0.2, -0.15) is 0 Å². The first-order valence-corrected chi connectivity index (χ1v) is 6.50. The summed E-state index contributed by atoms with van der Waals surface area (Å²) in [5.74, 6) is -0.654. The van der Waals surface area contributed by atoms with Crippen LogP contribution in [0.5, 0.6) is 0 Å². The summed E-state index contributed by atoms with van der Waals surface area (Å²) in [5, 5.41) is 0. The standard InChI is InChI=1S/C17H17N3O2/c18-17(21)16-10-15-22-14-9-7-5-3-1-2-4-6-8-11-19-12-13-20-16/h1-15H,(H2,18,21). The van der Waals surface area contributed by atoms with E-state index in [1.54, 1.807) is 24.4 Å². The highest BCUT2D eigenvalue weighted by Gasteiger charge is 2.00. The summed E-state index contributed by atoms with van der Waals surface area (Å²) in [4.78, 5) is 19.0. The third kappa shape index (κ3) is 8.82. The third-order valence-corrected chi connectivity index (χ3v) is 2.14. The molecule has 1 heterocycles. The molecule has 0 unspecified atom stereocenters. The van der Waals surface area contributed by atoms with Gasteiger partial charge in [-0.15, -0.1) is 0 Å². The molecule has 1 aliphatic rings. The maximum absolute atomic E-state index is 11.2. The summed E-state index contributed by atoms with van der Waals surface area (Å²) in [5.41, 5.74) is 5.26. The Morgan fingerprint density at radius 3 is 2.18 bits per heavy atom. The van der Waals surface area contributed by atoms with Gasteiger partial charge < -0.3 is 10.5 Å². The molecular weight excluding hydrogens is 278 g/mol. The number of nitrogens with two attached hydrogens (primary N) is 1. The van der Waals surface area contributed by atoms with Crippen LogP contribution in [-0.4, -0.2) is 17.8 Å². The molecule has 5 nitrogen and oxygen atoms in total. The van der Waals surface area contributed by atoms with E-state index in [1.807, 2.05) is 36.5 Å². The average Bonchev–Trinajstić information content (AvgIpc) is 2.50. The lowest BCUT2D eigenvalue weighted by molar-refractivity contribution is -0.111. The summed E-state index contributed by atoms with van der Waals surface area (Å²) in [7, 11) is 0. The van der Waals surface area contributed by atoms with Gasteiger partial charge in [0.1, 0.15) is 5.71 Å². The first-order chi connectivity index (χ1) is 10.8.